The summed E-state index contributed by atoms with van der Waals surface area (Å²) < 4.78 is 5.47. The Morgan fingerprint density at radius 2 is 2.32 bits per heavy atom. The maximum atomic E-state index is 5.47. The Labute approximate surface area is 131 Å². The monoisotopic (exact) mass is 299 g/mol. The molecule has 1 aliphatic heterocycles. The van der Waals surface area contributed by atoms with E-state index in [0.717, 1.165) is 13.0 Å². The van der Waals surface area contributed by atoms with Gasteiger partial charge in [-0.1, -0.05) is 19.1 Å². The molecule has 2 aromatic rings. The number of fused-ring (bicyclic) bond motifs is 2. The standard InChI is InChI=1S/C18H25N3O/c1-3-7-21-10-12(11-22-2)8-14-13-5-4-6-15-18(13)16(20-19-15)9-17(14)21/h4-6,12,14,17H,3,7-11H2,1-2H3,(H,19,20)/t12?,14-,17-/m0/s1. The lowest BCUT2D eigenvalue weighted by atomic mass is 9.73. The largest absolute Gasteiger partial charge is 0.384 e. The summed E-state index contributed by atoms with van der Waals surface area (Å²) in [5, 5.41) is 9.20. The molecule has 22 heavy (non-hydrogen) atoms. The van der Waals surface area contributed by atoms with Crippen LogP contribution in [-0.2, 0) is 11.2 Å². The molecule has 0 radical (unpaired) electrons. The van der Waals surface area contributed by atoms with Gasteiger partial charge in [0.15, 0.2) is 0 Å². The van der Waals surface area contributed by atoms with Crippen LogP contribution in [0.1, 0.15) is 36.9 Å². The number of aromatic nitrogens is 2. The number of ether oxygens (including phenoxy) is 1. The summed E-state index contributed by atoms with van der Waals surface area (Å²) in [6.07, 6.45) is 3.53. The fraction of sp³-hybridized carbons (Fsp3) is 0.611. The Hall–Kier alpha value is -1.39. The van der Waals surface area contributed by atoms with Crippen molar-refractivity contribution in [2.75, 3.05) is 26.8 Å². The second kappa shape index (κ2) is 5.67. The molecule has 118 valence electrons. The number of H-pyrrole nitrogens is 1. The first-order valence-corrected chi connectivity index (χ1v) is 8.50. The van der Waals surface area contributed by atoms with Gasteiger partial charge in [0.1, 0.15) is 0 Å². The van der Waals surface area contributed by atoms with Crippen molar-refractivity contribution in [1.82, 2.24) is 15.1 Å². The summed E-state index contributed by atoms with van der Waals surface area (Å²) in [7, 11) is 1.83. The Bertz CT molecular complexity index is 665. The van der Waals surface area contributed by atoms with Gasteiger partial charge < -0.3 is 4.74 Å². The van der Waals surface area contributed by atoms with E-state index >= 15 is 0 Å². The Balaban J connectivity index is 1.75. The number of rotatable bonds is 4. The zero-order valence-electron chi connectivity index (χ0n) is 13.5. The van der Waals surface area contributed by atoms with Crippen molar-refractivity contribution < 1.29 is 4.74 Å². The third kappa shape index (κ3) is 2.17. The number of methoxy groups -OCH3 is 1. The van der Waals surface area contributed by atoms with Crippen LogP contribution < -0.4 is 0 Å². The molecule has 4 nitrogen and oxygen atoms in total. The minimum Gasteiger partial charge on any atom is -0.384 e. The average molecular weight is 299 g/mol. The molecule has 0 bridgehead atoms. The van der Waals surface area contributed by atoms with E-state index in [4.69, 9.17) is 4.74 Å². The van der Waals surface area contributed by atoms with Crippen molar-refractivity contribution in [3.63, 3.8) is 0 Å². The molecule has 2 aliphatic rings. The number of hydrogen-bond acceptors (Lipinski definition) is 3. The lowest BCUT2D eigenvalue weighted by Gasteiger charge is -2.46. The highest BCUT2D eigenvalue weighted by Gasteiger charge is 2.40. The molecule has 1 aromatic carbocycles. The Morgan fingerprint density at radius 1 is 1.41 bits per heavy atom. The van der Waals surface area contributed by atoms with Crippen LogP contribution >= 0.6 is 0 Å². The molecule has 0 saturated carbocycles. The summed E-state index contributed by atoms with van der Waals surface area (Å²) in [4.78, 5) is 2.69. The lowest BCUT2D eigenvalue weighted by molar-refractivity contribution is 0.0424. The lowest BCUT2D eigenvalue weighted by Crippen LogP contribution is -2.51. The number of piperidine rings is 1. The smallest absolute Gasteiger partial charge is 0.0719 e. The van der Waals surface area contributed by atoms with Crippen LogP contribution in [0.4, 0.5) is 0 Å². The quantitative estimate of drug-likeness (QED) is 0.943. The SMILES string of the molecule is CCCN1CC(COC)C[C@H]2c3cccc4[nH]nc(c34)C[C@@H]21. The first-order chi connectivity index (χ1) is 10.8. The van der Waals surface area contributed by atoms with Crippen molar-refractivity contribution in [2.24, 2.45) is 5.92 Å². The third-order valence-electron chi connectivity index (χ3n) is 5.43. The molecule has 2 heterocycles. The zero-order valence-corrected chi connectivity index (χ0v) is 13.5. The minimum atomic E-state index is 0.606. The van der Waals surface area contributed by atoms with Gasteiger partial charge in [-0.2, -0.15) is 5.10 Å². The van der Waals surface area contributed by atoms with E-state index < -0.39 is 0 Å². The highest BCUT2D eigenvalue weighted by molar-refractivity contribution is 5.86. The Morgan fingerprint density at radius 3 is 3.14 bits per heavy atom. The van der Waals surface area contributed by atoms with Crippen molar-refractivity contribution >= 4 is 10.9 Å². The molecule has 1 fully saturated rings. The van der Waals surface area contributed by atoms with Crippen LogP contribution in [0.5, 0.6) is 0 Å². The van der Waals surface area contributed by atoms with Gasteiger partial charge in [0, 0.05) is 37.4 Å². The number of hydrogen-bond donors (Lipinski definition) is 1. The molecule has 4 heteroatoms. The van der Waals surface area contributed by atoms with Gasteiger partial charge in [-0.05, 0) is 36.9 Å². The van der Waals surface area contributed by atoms with Crippen molar-refractivity contribution in [1.29, 1.82) is 0 Å². The highest BCUT2D eigenvalue weighted by Crippen LogP contribution is 2.44. The van der Waals surface area contributed by atoms with Gasteiger partial charge in [0.05, 0.1) is 17.8 Å². The number of nitrogens with one attached hydrogen (secondary N) is 1. The van der Waals surface area contributed by atoms with Crippen LogP contribution in [0.15, 0.2) is 18.2 Å². The fourth-order valence-electron chi connectivity index (χ4n) is 4.64. The van der Waals surface area contributed by atoms with Gasteiger partial charge >= 0.3 is 0 Å². The van der Waals surface area contributed by atoms with E-state index in [1.54, 1.807) is 0 Å². The third-order valence-corrected chi connectivity index (χ3v) is 5.43. The van der Waals surface area contributed by atoms with Gasteiger partial charge in [-0.3, -0.25) is 10.00 Å². The molecule has 4 rings (SSSR count). The van der Waals surface area contributed by atoms with Crippen molar-refractivity contribution in [2.45, 2.75) is 38.1 Å². The second-order valence-electron chi connectivity index (χ2n) is 6.87. The van der Waals surface area contributed by atoms with Gasteiger partial charge in [-0.15, -0.1) is 0 Å². The van der Waals surface area contributed by atoms with E-state index in [1.165, 1.54) is 48.1 Å². The predicted octanol–water partition coefficient (Wildman–Crippen LogP) is 2.95. The van der Waals surface area contributed by atoms with Crippen LogP contribution in [0.25, 0.3) is 10.9 Å². The Kier molecular flexibility index (Phi) is 3.66. The van der Waals surface area contributed by atoms with Crippen LogP contribution in [0.3, 0.4) is 0 Å². The van der Waals surface area contributed by atoms with Crippen molar-refractivity contribution in [3.05, 3.63) is 29.5 Å². The van der Waals surface area contributed by atoms with Crippen LogP contribution in [-0.4, -0.2) is 47.9 Å². The number of likely N-dealkylation sites (tertiary alicyclic amines) is 1. The van der Waals surface area contributed by atoms with Crippen molar-refractivity contribution in [3.8, 4) is 0 Å². The molecule has 1 aromatic heterocycles. The first kappa shape index (κ1) is 14.2. The molecular formula is C18H25N3O. The number of aromatic amines is 1. The molecular weight excluding hydrogens is 274 g/mol. The predicted molar refractivity (Wildman–Crippen MR) is 88.2 cm³/mol. The maximum Gasteiger partial charge on any atom is 0.0719 e. The number of benzene rings is 1. The van der Waals surface area contributed by atoms with E-state index in [9.17, 15) is 0 Å². The molecule has 1 N–H and O–H groups in total. The normalized spacial score (nSPS) is 28.0. The second-order valence-corrected chi connectivity index (χ2v) is 6.87. The molecule has 0 spiro atoms. The zero-order chi connectivity index (χ0) is 15.1. The fourth-order valence-corrected chi connectivity index (χ4v) is 4.64. The average Bonchev–Trinajstić information content (AvgIpc) is 2.94. The van der Waals surface area contributed by atoms with Crippen LogP contribution in [0.2, 0.25) is 0 Å². The van der Waals surface area contributed by atoms with E-state index in [2.05, 4.69) is 40.2 Å². The summed E-state index contributed by atoms with van der Waals surface area (Å²) in [6, 6.07) is 7.24. The minimum absolute atomic E-state index is 0.606. The van der Waals surface area contributed by atoms with Crippen LogP contribution in [0, 0.1) is 5.92 Å². The van der Waals surface area contributed by atoms with E-state index in [-0.39, 0.29) is 0 Å². The van der Waals surface area contributed by atoms with Gasteiger partial charge in [0.25, 0.3) is 0 Å². The number of nitrogens with zero attached hydrogens (tertiary/aromatic N) is 2. The van der Waals surface area contributed by atoms with Gasteiger partial charge in [-0.25, -0.2) is 0 Å². The molecule has 0 amide bonds. The summed E-state index contributed by atoms with van der Waals surface area (Å²) in [5.41, 5.74) is 3.96. The maximum absolute atomic E-state index is 5.47. The van der Waals surface area contributed by atoms with E-state index in [1.807, 2.05) is 7.11 Å². The molecule has 1 unspecified atom stereocenters. The first-order valence-electron chi connectivity index (χ1n) is 8.50. The topological polar surface area (TPSA) is 41.1 Å². The highest BCUT2D eigenvalue weighted by atomic mass is 16.5. The molecule has 1 aliphatic carbocycles. The van der Waals surface area contributed by atoms with E-state index in [0.29, 0.717) is 17.9 Å². The summed E-state index contributed by atoms with van der Waals surface area (Å²) in [6.45, 7) is 5.49. The van der Waals surface area contributed by atoms with Gasteiger partial charge in [0.2, 0.25) is 0 Å². The molecule has 1 saturated heterocycles. The summed E-state index contributed by atoms with van der Waals surface area (Å²) in [5.74, 6) is 1.26. The summed E-state index contributed by atoms with van der Waals surface area (Å²) >= 11 is 0. The molecule has 3 atom stereocenters.